The number of nitrogens with zero attached hydrogens (tertiary/aromatic N) is 5. The molecule has 7 heteroatoms. The molecular formula is C19H22N6O. The Morgan fingerprint density at radius 2 is 2.15 bits per heavy atom. The molecule has 3 heterocycles. The third-order valence-electron chi connectivity index (χ3n) is 4.92. The smallest absolute Gasteiger partial charge is 0.270 e. The first-order valence-corrected chi connectivity index (χ1v) is 8.98. The number of fused-ring (bicyclic) bond motifs is 1. The monoisotopic (exact) mass is 350 g/mol. The zero-order valence-corrected chi connectivity index (χ0v) is 15.0. The van der Waals surface area contributed by atoms with Crippen molar-refractivity contribution < 1.29 is 4.79 Å². The van der Waals surface area contributed by atoms with E-state index >= 15 is 0 Å². The van der Waals surface area contributed by atoms with Gasteiger partial charge in [-0.3, -0.25) is 14.5 Å². The van der Waals surface area contributed by atoms with E-state index in [-0.39, 0.29) is 11.9 Å². The fourth-order valence-corrected chi connectivity index (χ4v) is 3.56. The molecule has 4 rings (SSSR count). The number of amides is 1. The van der Waals surface area contributed by atoms with Gasteiger partial charge in [0.25, 0.3) is 5.91 Å². The molecule has 0 aliphatic heterocycles. The lowest BCUT2D eigenvalue weighted by molar-refractivity contribution is 0.0923. The van der Waals surface area contributed by atoms with E-state index < -0.39 is 0 Å². The predicted octanol–water partition coefficient (Wildman–Crippen LogP) is 2.37. The summed E-state index contributed by atoms with van der Waals surface area (Å²) in [6, 6.07) is 5.72. The van der Waals surface area contributed by atoms with Crippen LogP contribution in [0.3, 0.4) is 0 Å². The molecule has 0 saturated carbocycles. The lowest BCUT2D eigenvalue weighted by atomic mass is 9.92. The van der Waals surface area contributed by atoms with Crippen LogP contribution in [0.4, 0.5) is 0 Å². The van der Waals surface area contributed by atoms with Crippen molar-refractivity contribution in [3.63, 3.8) is 0 Å². The average molecular weight is 350 g/mol. The van der Waals surface area contributed by atoms with Crippen molar-refractivity contribution in [3.8, 4) is 5.69 Å². The number of hydrogen-bond donors (Lipinski definition) is 1. The first-order chi connectivity index (χ1) is 12.7. The van der Waals surface area contributed by atoms with Crippen molar-refractivity contribution in [3.05, 3.63) is 59.4 Å². The van der Waals surface area contributed by atoms with Gasteiger partial charge in [-0.15, -0.1) is 0 Å². The Hall–Kier alpha value is -2.96. The fraction of sp³-hybridized carbons (Fsp3) is 0.368. The van der Waals surface area contributed by atoms with Crippen LogP contribution in [-0.4, -0.2) is 30.5 Å². The quantitative estimate of drug-likeness (QED) is 0.784. The molecule has 3 aromatic rings. The number of carbonyl (C=O) groups excluding carboxylic acids is 1. The number of rotatable bonds is 4. The van der Waals surface area contributed by atoms with Gasteiger partial charge in [-0.2, -0.15) is 10.2 Å². The number of carbonyl (C=O) groups is 1. The molecule has 7 nitrogen and oxygen atoms in total. The Labute approximate surface area is 152 Å². The van der Waals surface area contributed by atoms with Crippen molar-refractivity contribution >= 4 is 5.91 Å². The van der Waals surface area contributed by atoms with Crippen LogP contribution in [0.5, 0.6) is 0 Å². The van der Waals surface area contributed by atoms with E-state index in [0.29, 0.717) is 5.69 Å². The summed E-state index contributed by atoms with van der Waals surface area (Å²) in [4.78, 5) is 16.8. The summed E-state index contributed by atoms with van der Waals surface area (Å²) in [7, 11) is 1.81. The van der Waals surface area contributed by atoms with Gasteiger partial charge in [-0.05, 0) is 43.9 Å². The van der Waals surface area contributed by atoms with Crippen LogP contribution in [0, 0.1) is 0 Å². The highest BCUT2D eigenvalue weighted by Gasteiger charge is 2.27. The Bertz CT molecular complexity index is 927. The van der Waals surface area contributed by atoms with Gasteiger partial charge in [0.05, 0.1) is 23.6 Å². The Morgan fingerprint density at radius 1 is 1.35 bits per heavy atom. The molecule has 0 aromatic carbocycles. The lowest BCUT2D eigenvalue weighted by Crippen LogP contribution is -2.32. The Morgan fingerprint density at radius 3 is 2.88 bits per heavy atom. The van der Waals surface area contributed by atoms with Crippen LogP contribution in [-0.2, 0) is 19.9 Å². The maximum absolute atomic E-state index is 12.7. The van der Waals surface area contributed by atoms with Crippen LogP contribution in [0.25, 0.3) is 5.69 Å². The highest BCUT2D eigenvalue weighted by molar-refractivity contribution is 5.93. The first kappa shape index (κ1) is 16.5. The summed E-state index contributed by atoms with van der Waals surface area (Å²) in [5, 5.41) is 12.1. The van der Waals surface area contributed by atoms with Crippen molar-refractivity contribution in [2.45, 2.75) is 38.6 Å². The topological polar surface area (TPSA) is 77.6 Å². The minimum absolute atomic E-state index is 0.0261. The third kappa shape index (κ3) is 2.89. The maximum Gasteiger partial charge on any atom is 0.270 e. The average Bonchev–Trinajstić information content (AvgIpc) is 3.26. The summed E-state index contributed by atoms with van der Waals surface area (Å²) >= 11 is 0. The summed E-state index contributed by atoms with van der Waals surface area (Å²) in [6.07, 6.45) is 9.10. The summed E-state index contributed by atoms with van der Waals surface area (Å²) in [5.41, 5.74) is 4.77. The number of hydrogen-bond acceptors (Lipinski definition) is 4. The molecule has 1 unspecified atom stereocenters. The van der Waals surface area contributed by atoms with E-state index in [1.807, 2.05) is 43.0 Å². The number of aromatic nitrogens is 5. The largest absolute Gasteiger partial charge is 0.344 e. The Kier molecular flexibility index (Phi) is 4.28. The number of pyridine rings is 1. The molecular weight excluding hydrogens is 328 g/mol. The molecule has 134 valence electrons. The van der Waals surface area contributed by atoms with Crippen molar-refractivity contribution in [2.75, 3.05) is 0 Å². The fourth-order valence-electron chi connectivity index (χ4n) is 3.56. The van der Waals surface area contributed by atoms with Crippen LogP contribution in [0.15, 0.2) is 36.8 Å². The van der Waals surface area contributed by atoms with Crippen LogP contribution in [0.2, 0.25) is 0 Å². The van der Waals surface area contributed by atoms with Crippen LogP contribution >= 0.6 is 0 Å². The van der Waals surface area contributed by atoms with E-state index in [1.165, 1.54) is 0 Å². The van der Waals surface area contributed by atoms with Gasteiger partial charge in [0.15, 0.2) is 0 Å². The Balaban J connectivity index is 1.60. The van der Waals surface area contributed by atoms with Gasteiger partial charge in [-0.1, -0.05) is 6.92 Å². The van der Waals surface area contributed by atoms with Gasteiger partial charge < -0.3 is 5.32 Å². The van der Waals surface area contributed by atoms with Gasteiger partial charge in [-0.25, -0.2) is 4.68 Å². The minimum Gasteiger partial charge on any atom is -0.344 e. The molecule has 1 atom stereocenters. The molecule has 1 N–H and O–H groups in total. The molecule has 0 spiro atoms. The van der Waals surface area contributed by atoms with Gasteiger partial charge >= 0.3 is 0 Å². The zero-order valence-electron chi connectivity index (χ0n) is 15.0. The summed E-state index contributed by atoms with van der Waals surface area (Å²) in [6.45, 7) is 2.03. The summed E-state index contributed by atoms with van der Waals surface area (Å²) < 4.78 is 3.60. The van der Waals surface area contributed by atoms with Gasteiger partial charge in [0.1, 0.15) is 5.69 Å². The molecule has 3 aromatic heterocycles. The van der Waals surface area contributed by atoms with Gasteiger partial charge in [0.2, 0.25) is 0 Å². The van der Waals surface area contributed by atoms with Crippen LogP contribution in [0.1, 0.15) is 53.2 Å². The standard InChI is InChI=1S/C19H22N6O/c1-3-13-11-18(24(2)23-13)19(26)22-16-5-4-6-17-15(16)12-21-25(17)14-7-9-20-10-8-14/h7-12,16H,3-6H2,1-2H3,(H,22,26). The highest BCUT2D eigenvalue weighted by Crippen LogP contribution is 2.31. The van der Waals surface area contributed by atoms with E-state index in [0.717, 1.165) is 48.3 Å². The van der Waals surface area contributed by atoms with Crippen molar-refractivity contribution in [1.82, 2.24) is 29.9 Å². The molecule has 1 aliphatic rings. The van der Waals surface area contributed by atoms with Gasteiger partial charge in [0, 0.05) is 30.7 Å². The minimum atomic E-state index is -0.0887. The number of nitrogens with one attached hydrogen (secondary N) is 1. The second kappa shape index (κ2) is 6.74. The number of aryl methyl sites for hydroxylation is 2. The second-order valence-electron chi connectivity index (χ2n) is 6.58. The normalized spacial score (nSPS) is 16.3. The molecule has 0 radical (unpaired) electrons. The molecule has 0 saturated heterocycles. The first-order valence-electron chi connectivity index (χ1n) is 8.98. The molecule has 1 amide bonds. The SMILES string of the molecule is CCc1cc(C(=O)NC2CCCc3c2cnn3-c2ccncc2)n(C)n1. The second-order valence-corrected chi connectivity index (χ2v) is 6.58. The van der Waals surface area contributed by atoms with Crippen molar-refractivity contribution in [1.29, 1.82) is 0 Å². The van der Waals surface area contributed by atoms with E-state index in [2.05, 4.69) is 20.5 Å². The van der Waals surface area contributed by atoms with Crippen molar-refractivity contribution in [2.24, 2.45) is 7.05 Å². The molecule has 1 aliphatic carbocycles. The maximum atomic E-state index is 12.7. The molecule has 26 heavy (non-hydrogen) atoms. The summed E-state index contributed by atoms with van der Waals surface area (Å²) in [5.74, 6) is -0.0887. The van der Waals surface area contributed by atoms with E-state index in [1.54, 1.807) is 17.1 Å². The third-order valence-corrected chi connectivity index (χ3v) is 4.92. The molecule has 0 fully saturated rings. The zero-order chi connectivity index (χ0) is 18.1. The van der Waals surface area contributed by atoms with Crippen LogP contribution < -0.4 is 5.32 Å². The highest BCUT2D eigenvalue weighted by atomic mass is 16.2. The van der Waals surface area contributed by atoms with E-state index in [4.69, 9.17) is 0 Å². The molecule has 0 bridgehead atoms. The lowest BCUT2D eigenvalue weighted by Gasteiger charge is -2.24. The van der Waals surface area contributed by atoms with E-state index in [9.17, 15) is 4.79 Å². The predicted molar refractivity (Wildman–Crippen MR) is 97.1 cm³/mol.